The van der Waals surface area contributed by atoms with Gasteiger partial charge in [-0.25, -0.2) is 0 Å². The van der Waals surface area contributed by atoms with Gasteiger partial charge in [-0.1, -0.05) is 12.2 Å². The van der Waals surface area contributed by atoms with Gasteiger partial charge in [-0.05, 0) is 24.6 Å². The van der Waals surface area contributed by atoms with Crippen LogP contribution in [0.3, 0.4) is 0 Å². The second-order valence-electron chi connectivity index (χ2n) is 6.59. The van der Waals surface area contributed by atoms with Crippen molar-refractivity contribution in [1.29, 1.82) is 0 Å². The molecule has 5 nitrogen and oxygen atoms in total. The lowest BCUT2D eigenvalue weighted by molar-refractivity contribution is -0.137. The molecule has 8 heteroatoms. The number of nitrogens with zero attached hydrogens (tertiary/aromatic N) is 1. The van der Waals surface area contributed by atoms with E-state index in [2.05, 4.69) is 5.32 Å². The van der Waals surface area contributed by atoms with Crippen molar-refractivity contribution >= 4 is 11.6 Å². The van der Waals surface area contributed by atoms with E-state index in [0.717, 1.165) is 23.1 Å². The first kappa shape index (κ1) is 16.6. The molecule has 0 spiro atoms. The predicted molar refractivity (Wildman–Crippen MR) is 87.6 cm³/mol. The number of hydrogen-bond donors (Lipinski definition) is 3. The highest BCUT2D eigenvalue weighted by atomic mass is 19.4. The molecule has 1 amide bonds. The summed E-state index contributed by atoms with van der Waals surface area (Å²) in [4.78, 5) is 11.3. The highest BCUT2D eigenvalue weighted by Crippen LogP contribution is 2.57. The first-order valence-corrected chi connectivity index (χ1v) is 8.02. The third-order valence-electron chi connectivity index (χ3n) is 4.84. The summed E-state index contributed by atoms with van der Waals surface area (Å²) in [5.41, 5.74) is -0.0436. The van der Waals surface area contributed by atoms with Crippen molar-refractivity contribution in [3.05, 3.63) is 47.0 Å². The number of halogens is 3. The quantitative estimate of drug-likeness (QED) is 0.705. The van der Waals surface area contributed by atoms with Crippen LogP contribution >= 0.6 is 0 Å². The Hall–Kier alpha value is -2.90. The number of benzene rings is 1. The van der Waals surface area contributed by atoms with Crippen LogP contribution < -0.4 is 5.32 Å². The first-order chi connectivity index (χ1) is 12.2. The summed E-state index contributed by atoms with van der Waals surface area (Å²) in [5.74, 6) is -1.18. The van der Waals surface area contributed by atoms with Gasteiger partial charge in [-0.3, -0.25) is 9.36 Å². The molecule has 1 aromatic carbocycles. The number of nitrogens with one attached hydrogen (secondary N) is 1. The molecule has 0 fully saturated rings. The molecular formula is C18H15F3N2O3. The zero-order valence-electron chi connectivity index (χ0n) is 13.6. The summed E-state index contributed by atoms with van der Waals surface area (Å²) in [5, 5.41) is 23.5. The Bertz CT molecular complexity index is 924. The molecule has 0 aliphatic heterocycles. The maximum atomic E-state index is 13.2. The summed E-state index contributed by atoms with van der Waals surface area (Å²) in [6.45, 7) is 1.18. The lowest BCUT2D eigenvalue weighted by Gasteiger charge is -2.15. The maximum absolute atomic E-state index is 13.2. The number of carbonyl (C=O) groups is 1. The van der Waals surface area contributed by atoms with Crippen molar-refractivity contribution in [2.75, 3.05) is 5.32 Å². The number of rotatable bonds is 2. The Morgan fingerprint density at radius 1 is 1.12 bits per heavy atom. The van der Waals surface area contributed by atoms with Gasteiger partial charge in [0.05, 0.1) is 11.3 Å². The Balaban J connectivity index is 1.90. The van der Waals surface area contributed by atoms with Crippen molar-refractivity contribution in [2.45, 2.75) is 31.4 Å². The minimum atomic E-state index is -4.65. The van der Waals surface area contributed by atoms with Crippen LogP contribution in [0.4, 0.5) is 18.9 Å². The Kier molecular flexibility index (Phi) is 3.37. The van der Waals surface area contributed by atoms with Gasteiger partial charge in [0.15, 0.2) is 0 Å². The molecule has 2 bridgehead atoms. The van der Waals surface area contributed by atoms with Crippen molar-refractivity contribution < 1.29 is 28.2 Å². The van der Waals surface area contributed by atoms with Crippen LogP contribution in [-0.2, 0) is 11.0 Å². The van der Waals surface area contributed by atoms with E-state index in [1.54, 1.807) is 0 Å². The molecule has 2 aromatic rings. The first-order valence-electron chi connectivity index (χ1n) is 8.02. The number of aromatic nitrogens is 1. The van der Waals surface area contributed by atoms with E-state index >= 15 is 0 Å². The average molecular weight is 364 g/mol. The van der Waals surface area contributed by atoms with Gasteiger partial charge >= 0.3 is 6.18 Å². The van der Waals surface area contributed by atoms with Crippen LogP contribution in [0.25, 0.3) is 5.69 Å². The largest absolute Gasteiger partial charge is 0.494 e. The molecule has 4 rings (SSSR count). The third-order valence-corrected chi connectivity index (χ3v) is 4.84. The molecule has 26 heavy (non-hydrogen) atoms. The third kappa shape index (κ3) is 2.36. The standard InChI is InChI=1S/C18H15F3N2O3/c1-8(24)22-12-5-11(18(19,20)21)6-13(7-12)23-16(25)14-9-2-3-10(4-9)15(14)17(23)26/h2-3,5-7,9-10,25-26H,4H2,1H3,(H,22,24)/t9-,10+. The molecule has 0 radical (unpaired) electrons. The zero-order chi connectivity index (χ0) is 18.8. The van der Waals surface area contributed by atoms with E-state index < -0.39 is 17.6 Å². The van der Waals surface area contributed by atoms with E-state index in [0.29, 0.717) is 11.1 Å². The monoisotopic (exact) mass is 364 g/mol. The highest BCUT2D eigenvalue weighted by molar-refractivity contribution is 5.89. The number of carbonyl (C=O) groups excluding carboxylic acids is 1. The molecule has 0 unspecified atom stereocenters. The number of alkyl halides is 3. The normalized spacial score (nSPS) is 20.5. The fourth-order valence-electron chi connectivity index (χ4n) is 3.86. The van der Waals surface area contributed by atoms with Gasteiger partial charge in [0.2, 0.25) is 17.7 Å². The fourth-order valence-corrected chi connectivity index (χ4v) is 3.86. The van der Waals surface area contributed by atoms with Crippen LogP contribution in [0.15, 0.2) is 30.4 Å². The summed E-state index contributed by atoms with van der Waals surface area (Å²) in [6.07, 6.45) is -0.0615. The van der Waals surface area contributed by atoms with Gasteiger partial charge < -0.3 is 15.5 Å². The van der Waals surface area contributed by atoms with Crippen molar-refractivity contribution in [3.8, 4) is 17.4 Å². The Morgan fingerprint density at radius 2 is 1.69 bits per heavy atom. The molecule has 2 aliphatic carbocycles. The number of allylic oxidation sites excluding steroid dienone is 2. The molecule has 0 saturated carbocycles. The number of fused-ring (bicyclic) bond motifs is 5. The molecule has 2 atom stereocenters. The van der Waals surface area contributed by atoms with E-state index in [9.17, 15) is 28.2 Å². The molecular weight excluding hydrogens is 349 g/mol. The Labute approximate surface area is 146 Å². The van der Waals surface area contributed by atoms with Gasteiger partial charge in [0, 0.05) is 35.6 Å². The van der Waals surface area contributed by atoms with Crippen LogP contribution in [0.2, 0.25) is 0 Å². The van der Waals surface area contributed by atoms with Crippen LogP contribution in [-0.4, -0.2) is 20.7 Å². The lowest BCUT2D eigenvalue weighted by atomic mass is 10.0. The van der Waals surface area contributed by atoms with Crippen molar-refractivity contribution in [2.24, 2.45) is 0 Å². The van der Waals surface area contributed by atoms with Gasteiger partial charge in [0.25, 0.3) is 0 Å². The topological polar surface area (TPSA) is 74.5 Å². The van der Waals surface area contributed by atoms with Crippen LogP contribution in [0.5, 0.6) is 11.8 Å². The summed E-state index contributed by atoms with van der Waals surface area (Å²) >= 11 is 0. The van der Waals surface area contributed by atoms with Crippen molar-refractivity contribution in [3.63, 3.8) is 0 Å². The number of anilines is 1. The van der Waals surface area contributed by atoms with E-state index in [-0.39, 0.29) is 35.0 Å². The van der Waals surface area contributed by atoms with Gasteiger partial charge in [0.1, 0.15) is 0 Å². The van der Waals surface area contributed by atoms with Gasteiger partial charge in [-0.2, -0.15) is 13.2 Å². The second-order valence-corrected chi connectivity index (χ2v) is 6.59. The van der Waals surface area contributed by atoms with E-state index in [1.165, 1.54) is 13.0 Å². The zero-order valence-corrected chi connectivity index (χ0v) is 13.6. The predicted octanol–water partition coefficient (Wildman–Crippen LogP) is 4.01. The summed E-state index contributed by atoms with van der Waals surface area (Å²) in [6, 6.07) is 2.91. The average Bonchev–Trinajstić information content (AvgIpc) is 3.19. The minimum Gasteiger partial charge on any atom is -0.494 e. The molecule has 136 valence electrons. The molecule has 2 aliphatic rings. The number of aromatic hydroxyl groups is 2. The Morgan fingerprint density at radius 3 is 2.19 bits per heavy atom. The molecule has 1 aromatic heterocycles. The van der Waals surface area contributed by atoms with E-state index in [4.69, 9.17) is 0 Å². The number of hydrogen-bond acceptors (Lipinski definition) is 3. The van der Waals surface area contributed by atoms with Crippen LogP contribution in [0, 0.1) is 0 Å². The van der Waals surface area contributed by atoms with Gasteiger partial charge in [-0.15, -0.1) is 0 Å². The smallest absolute Gasteiger partial charge is 0.416 e. The molecule has 1 heterocycles. The second kappa shape index (κ2) is 5.30. The lowest BCUT2D eigenvalue weighted by Crippen LogP contribution is -2.11. The van der Waals surface area contributed by atoms with Crippen molar-refractivity contribution in [1.82, 2.24) is 4.57 Å². The minimum absolute atomic E-state index is 0.0530. The number of amides is 1. The molecule has 0 saturated heterocycles. The van der Waals surface area contributed by atoms with Crippen LogP contribution in [0.1, 0.15) is 41.9 Å². The summed E-state index contributed by atoms with van der Waals surface area (Å²) < 4.78 is 40.7. The SMILES string of the molecule is CC(=O)Nc1cc(-n2c(O)c3c(c2O)[C@H]2C=C[C@@H]3C2)cc(C(F)(F)F)c1. The maximum Gasteiger partial charge on any atom is 0.416 e. The summed E-state index contributed by atoms with van der Waals surface area (Å²) in [7, 11) is 0. The van der Waals surface area contributed by atoms with E-state index in [1.807, 2.05) is 12.2 Å². The highest BCUT2D eigenvalue weighted by Gasteiger charge is 2.41. The molecule has 3 N–H and O–H groups in total. The fraction of sp³-hybridized carbons (Fsp3) is 0.278.